The molecule has 3 rings (SSSR count). The molecule has 0 saturated heterocycles. The van der Waals surface area contributed by atoms with Crippen molar-refractivity contribution < 1.29 is 9.59 Å². The first-order valence-corrected chi connectivity index (χ1v) is 8.09. The molecule has 1 aromatic rings. The number of benzene rings is 1. The molecule has 1 aromatic carbocycles. The number of carbonyl (C=O) groups excluding carboxylic acids is 2. The molecule has 5 nitrogen and oxygen atoms in total. The average Bonchev–Trinajstić information content (AvgIpc) is 3.20. The standard InChI is InChI=1S/C17H23N3O2/c18-10-12-2-1-3-15(12)17(22)20-13-6-4-11(5-7-13)16(21)19-14-8-9-14/h4-7,12,14-15H,1-3,8-10,18H2,(H,19,21)(H,20,22)/t12-,15-/m1/s1. The predicted molar refractivity (Wildman–Crippen MR) is 85.4 cm³/mol. The van der Waals surface area contributed by atoms with Crippen molar-refractivity contribution in [2.45, 2.75) is 38.1 Å². The number of amides is 2. The van der Waals surface area contributed by atoms with Crippen LogP contribution in [0.15, 0.2) is 24.3 Å². The minimum Gasteiger partial charge on any atom is -0.349 e. The van der Waals surface area contributed by atoms with Gasteiger partial charge in [0.1, 0.15) is 0 Å². The van der Waals surface area contributed by atoms with E-state index in [0.29, 0.717) is 24.1 Å². The quantitative estimate of drug-likeness (QED) is 0.776. The zero-order chi connectivity index (χ0) is 15.5. The number of nitrogens with one attached hydrogen (secondary N) is 2. The van der Waals surface area contributed by atoms with Crippen LogP contribution in [0.2, 0.25) is 0 Å². The van der Waals surface area contributed by atoms with Gasteiger partial charge in [0.25, 0.3) is 5.91 Å². The highest BCUT2D eigenvalue weighted by Gasteiger charge is 2.31. The Morgan fingerprint density at radius 2 is 1.82 bits per heavy atom. The molecule has 118 valence electrons. The summed E-state index contributed by atoms with van der Waals surface area (Å²) in [5.74, 6) is 0.314. The second kappa shape index (κ2) is 6.48. The smallest absolute Gasteiger partial charge is 0.251 e. The highest BCUT2D eigenvalue weighted by atomic mass is 16.2. The first kappa shape index (κ1) is 15.0. The van der Waals surface area contributed by atoms with E-state index >= 15 is 0 Å². The van der Waals surface area contributed by atoms with E-state index in [2.05, 4.69) is 10.6 Å². The van der Waals surface area contributed by atoms with Crippen molar-refractivity contribution in [3.63, 3.8) is 0 Å². The summed E-state index contributed by atoms with van der Waals surface area (Å²) in [4.78, 5) is 24.2. The van der Waals surface area contributed by atoms with E-state index in [4.69, 9.17) is 5.73 Å². The molecule has 4 N–H and O–H groups in total. The topological polar surface area (TPSA) is 84.2 Å². The van der Waals surface area contributed by atoms with E-state index in [9.17, 15) is 9.59 Å². The van der Waals surface area contributed by atoms with E-state index in [1.165, 1.54) is 0 Å². The van der Waals surface area contributed by atoms with Crippen molar-refractivity contribution in [2.24, 2.45) is 17.6 Å². The molecule has 0 spiro atoms. The molecular formula is C17H23N3O2. The minimum absolute atomic E-state index is 0.0165. The summed E-state index contributed by atoms with van der Waals surface area (Å²) in [7, 11) is 0. The van der Waals surface area contributed by atoms with Gasteiger partial charge < -0.3 is 16.4 Å². The summed E-state index contributed by atoms with van der Waals surface area (Å²) in [5.41, 5.74) is 7.09. The number of anilines is 1. The summed E-state index contributed by atoms with van der Waals surface area (Å²) < 4.78 is 0. The lowest BCUT2D eigenvalue weighted by molar-refractivity contribution is -0.120. The fourth-order valence-corrected chi connectivity index (χ4v) is 3.10. The zero-order valence-electron chi connectivity index (χ0n) is 12.7. The third kappa shape index (κ3) is 3.47. The molecule has 22 heavy (non-hydrogen) atoms. The van der Waals surface area contributed by atoms with Gasteiger partial charge in [-0.05, 0) is 62.4 Å². The second-order valence-electron chi connectivity index (χ2n) is 6.35. The van der Waals surface area contributed by atoms with Crippen LogP contribution in [0, 0.1) is 11.8 Å². The summed E-state index contributed by atoms with van der Waals surface area (Å²) in [5, 5.41) is 5.89. The van der Waals surface area contributed by atoms with Crippen molar-refractivity contribution >= 4 is 17.5 Å². The molecular weight excluding hydrogens is 278 g/mol. The van der Waals surface area contributed by atoms with Gasteiger partial charge in [0.2, 0.25) is 5.91 Å². The lowest BCUT2D eigenvalue weighted by Gasteiger charge is -2.17. The third-order valence-corrected chi connectivity index (χ3v) is 4.63. The molecule has 0 unspecified atom stereocenters. The molecule has 2 fully saturated rings. The predicted octanol–water partition coefficient (Wildman–Crippen LogP) is 1.89. The van der Waals surface area contributed by atoms with Gasteiger partial charge in [-0.1, -0.05) is 6.42 Å². The Labute approximate surface area is 130 Å². The van der Waals surface area contributed by atoms with Crippen LogP contribution in [0.3, 0.4) is 0 Å². The van der Waals surface area contributed by atoms with Crippen molar-refractivity contribution in [3.8, 4) is 0 Å². The highest BCUT2D eigenvalue weighted by molar-refractivity contribution is 5.96. The monoisotopic (exact) mass is 301 g/mol. The Bertz CT molecular complexity index is 552. The van der Waals surface area contributed by atoms with Crippen LogP contribution >= 0.6 is 0 Å². The maximum absolute atomic E-state index is 12.3. The summed E-state index contributed by atoms with van der Waals surface area (Å²) in [6.07, 6.45) is 5.16. The largest absolute Gasteiger partial charge is 0.349 e. The van der Waals surface area contributed by atoms with E-state index in [-0.39, 0.29) is 17.7 Å². The molecule has 2 atom stereocenters. The number of hydrogen-bond donors (Lipinski definition) is 3. The maximum atomic E-state index is 12.3. The fourth-order valence-electron chi connectivity index (χ4n) is 3.10. The molecule has 0 aromatic heterocycles. The average molecular weight is 301 g/mol. The number of nitrogens with two attached hydrogens (primary N) is 1. The van der Waals surface area contributed by atoms with Crippen LogP contribution in [0.5, 0.6) is 0 Å². The Balaban J connectivity index is 1.58. The summed E-state index contributed by atoms with van der Waals surface area (Å²) in [6, 6.07) is 7.42. The van der Waals surface area contributed by atoms with Gasteiger partial charge in [-0.3, -0.25) is 9.59 Å². The lowest BCUT2D eigenvalue weighted by Crippen LogP contribution is -2.29. The van der Waals surface area contributed by atoms with Gasteiger partial charge >= 0.3 is 0 Å². The van der Waals surface area contributed by atoms with Crippen LogP contribution in [-0.2, 0) is 4.79 Å². The molecule has 5 heteroatoms. The van der Waals surface area contributed by atoms with Gasteiger partial charge in [-0.15, -0.1) is 0 Å². The van der Waals surface area contributed by atoms with Gasteiger partial charge in [0.05, 0.1) is 0 Å². The molecule has 0 aliphatic heterocycles. The maximum Gasteiger partial charge on any atom is 0.251 e. The van der Waals surface area contributed by atoms with E-state index in [1.54, 1.807) is 24.3 Å². The van der Waals surface area contributed by atoms with Gasteiger partial charge in [0.15, 0.2) is 0 Å². The summed E-state index contributed by atoms with van der Waals surface area (Å²) >= 11 is 0. The number of rotatable bonds is 5. The Hall–Kier alpha value is -1.88. The number of hydrogen-bond acceptors (Lipinski definition) is 3. The first-order chi connectivity index (χ1) is 10.7. The van der Waals surface area contributed by atoms with Crippen LogP contribution < -0.4 is 16.4 Å². The van der Waals surface area contributed by atoms with Crippen LogP contribution in [0.4, 0.5) is 5.69 Å². The Kier molecular flexibility index (Phi) is 4.43. The molecule has 0 bridgehead atoms. The second-order valence-corrected chi connectivity index (χ2v) is 6.35. The van der Waals surface area contributed by atoms with Crippen molar-refractivity contribution in [3.05, 3.63) is 29.8 Å². The highest BCUT2D eigenvalue weighted by Crippen LogP contribution is 2.31. The molecule has 2 aliphatic rings. The van der Waals surface area contributed by atoms with Crippen LogP contribution in [0.25, 0.3) is 0 Å². The van der Waals surface area contributed by atoms with Crippen molar-refractivity contribution in [2.75, 3.05) is 11.9 Å². The fraction of sp³-hybridized carbons (Fsp3) is 0.529. The molecule has 2 amide bonds. The van der Waals surface area contributed by atoms with Crippen molar-refractivity contribution in [1.82, 2.24) is 5.32 Å². The molecule has 0 heterocycles. The molecule has 2 saturated carbocycles. The zero-order valence-corrected chi connectivity index (χ0v) is 12.7. The Morgan fingerprint density at radius 1 is 1.09 bits per heavy atom. The third-order valence-electron chi connectivity index (χ3n) is 4.63. The SMILES string of the molecule is NC[C@H]1CCC[C@H]1C(=O)Nc1ccc(C(=O)NC2CC2)cc1. The van der Waals surface area contributed by atoms with Crippen LogP contribution in [-0.4, -0.2) is 24.4 Å². The van der Waals surface area contributed by atoms with E-state index in [1.807, 2.05) is 0 Å². The molecule has 2 aliphatic carbocycles. The lowest BCUT2D eigenvalue weighted by atomic mass is 9.95. The number of carbonyl (C=O) groups is 2. The van der Waals surface area contributed by atoms with Crippen LogP contribution in [0.1, 0.15) is 42.5 Å². The van der Waals surface area contributed by atoms with E-state index < -0.39 is 0 Å². The Morgan fingerprint density at radius 3 is 2.45 bits per heavy atom. The summed E-state index contributed by atoms with van der Waals surface area (Å²) in [6.45, 7) is 0.568. The van der Waals surface area contributed by atoms with Gasteiger partial charge in [0, 0.05) is 23.2 Å². The molecule has 0 radical (unpaired) electrons. The first-order valence-electron chi connectivity index (χ1n) is 8.09. The van der Waals surface area contributed by atoms with Gasteiger partial charge in [-0.25, -0.2) is 0 Å². The van der Waals surface area contributed by atoms with E-state index in [0.717, 1.165) is 37.8 Å². The van der Waals surface area contributed by atoms with Crippen molar-refractivity contribution in [1.29, 1.82) is 0 Å². The minimum atomic E-state index is -0.0423. The van der Waals surface area contributed by atoms with Gasteiger partial charge in [-0.2, -0.15) is 0 Å². The normalized spacial score (nSPS) is 24.0.